The fourth-order valence-electron chi connectivity index (χ4n) is 3.15. The number of nitrogens with zero attached hydrogens (tertiary/aromatic N) is 3. The second kappa shape index (κ2) is 9.77. The molecule has 1 aliphatic rings. The van der Waals surface area contributed by atoms with Crippen LogP contribution in [0.2, 0.25) is 0 Å². The van der Waals surface area contributed by atoms with E-state index in [-0.39, 0.29) is 11.9 Å². The highest BCUT2D eigenvalue weighted by atomic mass is 32.1. The van der Waals surface area contributed by atoms with Gasteiger partial charge in [-0.2, -0.15) is 0 Å². The minimum absolute atomic E-state index is 0.0603. The smallest absolute Gasteiger partial charge is 0.348 e. The van der Waals surface area contributed by atoms with E-state index in [1.165, 1.54) is 11.3 Å². The number of anilines is 1. The van der Waals surface area contributed by atoms with Gasteiger partial charge in [0.2, 0.25) is 5.91 Å². The average Bonchev–Trinajstić information content (AvgIpc) is 3.04. The molecular formula is C20H26N4O3S. The van der Waals surface area contributed by atoms with E-state index in [4.69, 9.17) is 4.74 Å². The molecule has 3 rings (SSSR count). The summed E-state index contributed by atoms with van der Waals surface area (Å²) < 4.78 is 5.04. The lowest BCUT2D eigenvalue weighted by molar-refractivity contribution is -0.117. The van der Waals surface area contributed by atoms with E-state index >= 15 is 0 Å². The Morgan fingerprint density at radius 1 is 1.21 bits per heavy atom. The van der Waals surface area contributed by atoms with Crippen LogP contribution in [0.15, 0.2) is 30.5 Å². The predicted molar refractivity (Wildman–Crippen MR) is 110 cm³/mol. The first kappa shape index (κ1) is 20.4. The average molecular weight is 403 g/mol. The molecule has 3 heterocycles. The fourth-order valence-corrected chi connectivity index (χ4v) is 4.13. The monoisotopic (exact) mass is 402 g/mol. The summed E-state index contributed by atoms with van der Waals surface area (Å²) in [5.74, 6) is -0.399. The minimum Gasteiger partial charge on any atom is -0.462 e. The normalized spacial score (nSPS) is 15.4. The second-order valence-electron chi connectivity index (χ2n) is 6.76. The van der Waals surface area contributed by atoms with Crippen LogP contribution in [0.5, 0.6) is 0 Å². The Labute approximate surface area is 169 Å². The van der Waals surface area contributed by atoms with Crippen molar-refractivity contribution in [2.24, 2.45) is 0 Å². The summed E-state index contributed by atoms with van der Waals surface area (Å²) >= 11 is 1.26. The van der Waals surface area contributed by atoms with E-state index in [1.54, 1.807) is 6.92 Å². The van der Waals surface area contributed by atoms with E-state index in [0.717, 1.165) is 44.0 Å². The molecule has 0 saturated carbocycles. The molecule has 1 amide bonds. The zero-order chi connectivity index (χ0) is 19.9. The van der Waals surface area contributed by atoms with Gasteiger partial charge in [-0.1, -0.05) is 6.07 Å². The van der Waals surface area contributed by atoms with Crippen LogP contribution in [0, 0.1) is 6.92 Å². The van der Waals surface area contributed by atoms with Gasteiger partial charge in [0.1, 0.15) is 4.88 Å². The Kier molecular flexibility index (Phi) is 7.13. The number of piperazine rings is 1. The maximum atomic E-state index is 12.4. The van der Waals surface area contributed by atoms with Crippen molar-refractivity contribution in [3.05, 3.63) is 46.6 Å². The van der Waals surface area contributed by atoms with E-state index in [9.17, 15) is 9.59 Å². The van der Waals surface area contributed by atoms with Crippen LogP contribution in [0.3, 0.4) is 0 Å². The van der Waals surface area contributed by atoms with Gasteiger partial charge in [-0.3, -0.25) is 19.6 Å². The number of carbonyl (C=O) groups is 2. The van der Waals surface area contributed by atoms with Crippen LogP contribution in [0.25, 0.3) is 0 Å². The summed E-state index contributed by atoms with van der Waals surface area (Å²) in [4.78, 5) is 33.7. The first-order chi connectivity index (χ1) is 13.5. The summed E-state index contributed by atoms with van der Waals surface area (Å²) in [6, 6.07) is 7.78. The maximum Gasteiger partial charge on any atom is 0.348 e. The molecule has 0 atom stereocenters. The molecule has 7 nitrogen and oxygen atoms in total. The van der Waals surface area contributed by atoms with Gasteiger partial charge in [0.25, 0.3) is 0 Å². The van der Waals surface area contributed by atoms with Gasteiger partial charge in [-0.05, 0) is 37.6 Å². The summed E-state index contributed by atoms with van der Waals surface area (Å²) in [5, 5.41) is 3.58. The van der Waals surface area contributed by atoms with Crippen LogP contribution in [-0.4, -0.2) is 66.0 Å². The molecule has 2 aromatic rings. The Bertz CT molecular complexity index is 801. The number of hydrogen-bond donors (Lipinski definition) is 1. The van der Waals surface area contributed by atoms with Crippen molar-refractivity contribution in [1.82, 2.24) is 14.8 Å². The minimum atomic E-state index is -0.338. The molecule has 0 bridgehead atoms. The number of esters is 1. The third-order valence-corrected chi connectivity index (χ3v) is 5.72. The number of aryl methyl sites for hydroxylation is 1. The molecule has 28 heavy (non-hydrogen) atoms. The zero-order valence-electron chi connectivity index (χ0n) is 16.3. The molecule has 0 spiro atoms. The molecule has 8 heteroatoms. The Hall–Kier alpha value is -2.29. The largest absolute Gasteiger partial charge is 0.462 e. The Morgan fingerprint density at radius 3 is 2.64 bits per heavy atom. The van der Waals surface area contributed by atoms with Gasteiger partial charge < -0.3 is 10.1 Å². The lowest BCUT2D eigenvalue weighted by Crippen LogP contribution is -2.48. The number of pyridine rings is 1. The van der Waals surface area contributed by atoms with Crippen molar-refractivity contribution >= 4 is 28.2 Å². The third kappa shape index (κ3) is 5.60. The fraction of sp³-hybridized carbons (Fsp3) is 0.450. The van der Waals surface area contributed by atoms with Crippen LogP contribution < -0.4 is 5.32 Å². The first-order valence-electron chi connectivity index (χ1n) is 9.47. The van der Waals surface area contributed by atoms with Gasteiger partial charge >= 0.3 is 5.97 Å². The molecule has 1 aliphatic heterocycles. The standard InChI is InChI=1S/C20H26N4O3S/c1-3-27-20(26)19-15(2)12-18(28-19)22-17(25)14-24-10-8-23(9-11-24)13-16-6-4-5-7-21-16/h4-7,12H,3,8-11,13-14H2,1-2H3,(H,22,25). The molecule has 1 saturated heterocycles. The highest BCUT2D eigenvalue weighted by Crippen LogP contribution is 2.27. The maximum absolute atomic E-state index is 12.4. The number of nitrogens with one attached hydrogen (secondary N) is 1. The number of ether oxygens (including phenoxy) is 1. The number of rotatable bonds is 7. The summed E-state index contributed by atoms with van der Waals surface area (Å²) in [5.41, 5.74) is 1.89. The number of amides is 1. The van der Waals surface area contributed by atoms with E-state index in [2.05, 4.69) is 20.1 Å². The SMILES string of the molecule is CCOC(=O)c1sc(NC(=O)CN2CCN(Cc3ccccn3)CC2)cc1C. The number of hydrogen-bond acceptors (Lipinski definition) is 7. The van der Waals surface area contributed by atoms with E-state index in [0.29, 0.717) is 23.0 Å². The second-order valence-corrected chi connectivity index (χ2v) is 7.82. The molecular weight excluding hydrogens is 376 g/mol. The zero-order valence-corrected chi connectivity index (χ0v) is 17.1. The quantitative estimate of drug-likeness (QED) is 0.717. The molecule has 0 aromatic carbocycles. The van der Waals surface area contributed by atoms with Gasteiger partial charge in [-0.25, -0.2) is 4.79 Å². The lowest BCUT2D eigenvalue weighted by Gasteiger charge is -2.34. The molecule has 150 valence electrons. The van der Waals surface area contributed by atoms with Gasteiger partial charge in [0.15, 0.2) is 0 Å². The summed E-state index contributed by atoms with van der Waals surface area (Å²) in [6.07, 6.45) is 1.82. The van der Waals surface area contributed by atoms with Crippen LogP contribution in [0.1, 0.15) is 27.9 Å². The van der Waals surface area contributed by atoms with E-state index < -0.39 is 0 Å². The van der Waals surface area contributed by atoms with Crippen molar-refractivity contribution in [2.75, 3.05) is 44.6 Å². The summed E-state index contributed by atoms with van der Waals surface area (Å²) in [6.45, 7) is 8.66. The highest BCUT2D eigenvalue weighted by Gasteiger charge is 2.20. The predicted octanol–water partition coefficient (Wildman–Crippen LogP) is 2.38. The first-order valence-corrected chi connectivity index (χ1v) is 10.3. The molecule has 0 aliphatic carbocycles. The van der Waals surface area contributed by atoms with Crippen molar-refractivity contribution < 1.29 is 14.3 Å². The molecule has 1 N–H and O–H groups in total. The van der Waals surface area contributed by atoms with Gasteiger partial charge in [-0.15, -0.1) is 11.3 Å². The van der Waals surface area contributed by atoms with Crippen molar-refractivity contribution in [3.8, 4) is 0 Å². The van der Waals surface area contributed by atoms with Gasteiger partial charge in [0.05, 0.1) is 23.8 Å². The third-order valence-electron chi connectivity index (χ3n) is 4.59. The van der Waals surface area contributed by atoms with Gasteiger partial charge in [0, 0.05) is 38.9 Å². The Morgan fingerprint density at radius 2 is 1.96 bits per heavy atom. The molecule has 0 radical (unpaired) electrons. The highest BCUT2D eigenvalue weighted by molar-refractivity contribution is 7.18. The molecule has 2 aromatic heterocycles. The van der Waals surface area contributed by atoms with Crippen molar-refractivity contribution in [3.63, 3.8) is 0 Å². The summed E-state index contributed by atoms with van der Waals surface area (Å²) in [7, 11) is 0. The Balaban J connectivity index is 1.45. The molecule has 0 unspecified atom stereocenters. The lowest BCUT2D eigenvalue weighted by atomic mass is 10.2. The van der Waals surface area contributed by atoms with E-state index in [1.807, 2.05) is 37.4 Å². The number of carbonyl (C=O) groups excluding carboxylic acids is 2. The van der Waals surface area contributed by atoms with Crippen molar-refractivity contribution in [2.45, 2.75) is 20.4 Å². The topological polar surface area (TPSA) is 74.8 Å². The number of aromatic nitrogens is 1. The van der Waals surface area contributed by atoms with Crippen LogP contribution in [0.4, 0.5) is 5.00 Å². The van der Waals surface area contributed by atoms with Crippen LogP contribution >= 0.6 is 11.3 Å². The van der Waals surface area contributed by atoms with Crippen LogP contribution in [-0.2, 0) is 16.1 Å². The van der Waals surface area contributed by atoms with Crippen molar-refractivity contribution in [1.29, 1.82) is 0 Å². The number of thiophene rings is 1. The molecule has 1 fully saturated rings.